The van der Waals surface area contributed by atoms with Gasteiger partial charge in [-0.15, -0.1) is 0 Å². The fourth-order valence-electron chi connectivity index (χ4n) is 2.31. The lowest BCUT2D eigenvalue weighted by Gasteiger charge is -2.31. The number of halogens is 2. The fourth-order valence-corrected chi connectivity index (χ4v) is 2.31. The topological polar surface area (TPSA) is 24.5 Å². The lowest BCUT2D eigenvalue weighted by atomic mass is 10.0. The van der Waals surface area contributed by atoms with Crippen LogP contribution in [0.2, 0.25) is 0 Å². The molecular weight excluding hydrogens is 274 g/mol. The Kier molecular flexibility index (Phi) is 7.78. The van der Waals surface area contributed by atoms with Crippen LogP contribution >= 0.6 is 0 Å². The maximum Gasteiger partial charge on any atom is 0.163 e. The molecule has 5 heteroatoms. The Labute approximate surface area is 126 Å². The van der Waals surface area contributed by atoms with Gasteiger partial charge in [0.25, 0.3) is 0 Å². The van der Waals surface area contributed by atoms with E-state index in [4.69, 9.17) is 4.74 Å². The first-order valence-electron chi connectivity index (χ1n) is 7.41. The molecule has 1 N–H and O–H groups in total. The monoisotopic (exact) mass is 300 g/mol. The molecule has 1 aromatic rings. The third-order valence-corrected chi connectivity index (χ3v) is 3.54. The zero-order valence-corrected chi connectivity index (χ0v) is 13.3. The van der Waals surface area contributed by atoms with Crippen LogP contribution in [0.4, 0.5) is 8.78 Å². The van der Waals surface area contributed by atoms with Crippen molar-refractivity contribution in [2.24, 2.45) is 0 Å². The molecule has 0 aliphatic heterocycles. The van der Waals surface area contributed by atoms with Crippen LogP contribution < -0.4 is 5.32 Å². The van der Waals surface area contributed by atoms with Crippen molar-refractivity contribution in [3.63, 3.8) is 0 Å². The number of benzene rings is 1. The van der Waals surface area contributed by atoms with Crippen molar-refractivity contribution in [1.29, 1.82) is 0 Å². The third-order valence-electron chi connectivity index (χ3n) is 3.54. The second-order valence-corrected chi connectivity index (χ2v) is 5.33. The minimum atomic E-state index is -0.802. The minimum Gasteiger partial charge on any atom is -0.383 e. The van der Waals surface area contributed by atoms with Crippen molar-refractivity contribution in [3.05, 3.63) is 35.4 Å². The van der Waals surface area contributed by atoms with E-state index in [1.165, 1.54) is 0 Å². The summed E-state index contributed by atoms with van der Waals surface area (Å²) >= 11 is 0. The van der Waals surface area contributed by atoms with Gasteiger partial charge in [-0.1, -0.05) is 19.1 Å². The molecule has 3 nitrogen and oxygen atoms in total. The number of hydrogen-bond acceptors (Lipinski definition) is 3. The number of nitrogens with zero attached hydrogens (tertiary/aromatic N) is 1. The highest BCUT2D eigenvalue weighted by Crippen LogP contribution is 2.21. The Morgan fingerprint density at radius 2 is 2.00 bits per heavy atom. The lowest BCUT2D eigenvalue weighted by Crippen LogP contribution is -2.41. The Bertz CT molecular complexity index is 427. The SMILES string of the molecule is CCNC(CN(CCOC)C(C)C)c1cccc(F)c1F. The summed E-state index contributed by atoms with van der Waals surface area (Å²) in [5.41, 5.74) is 0.375. The van der Waals surface area contributed by atoms with Crippen LogP contribution in [0.1, 0.15) is 32.4 Å². The Hall–Kier alpha value is -1.04. The number of ether oxygens (including phenoxy) is 1. The van der Waals surface area contributed by atoms with Gasteiger partial charge in [0.05, 0.1) is 6.61 Å². The van der Waals surface area contributed by atoms with Crippen LogP contribution in [0.15, 0.2) is 18.2 Å². The van der Waals surface area contributed by atoms with E-state index in [-0.39, 0.29) is 6.04 Å². The van der Waals surface area contributed by atoms with Crippen LogP contribution in [-0.2, 0) is 4.74 Å². The smallest absolute Gasteiger partial charge is 0.163 e. The summed E-state index contributed by atoms with van der Waals surface area (Å²) in [6.07, 6.45) is 0. The third kappa shape index (κ3) is 5.34. The summed E-state index contributed by atoms with van der Waals surface area (Å²) in [5.74, 6) is -1.57. The largest absolute Gasteiger partial charge is 0.383 e. The highest BCUT2D eigenvalue weighted by Gasteiger charge is 2.21. The predicted molar refractivity (Wildman–Crippen MR) is 81.4 cm³/mol. The Morgan fingerprint density at radius 1 is 1.29 bits per heavy atom. The zero-order valence-electron chi connectivity index (χ0n) is 13.3. The average Bonchev–Trinajstić information content (AvgIpc) is 2.45. The lowest BCUT2D eigenvalue weighted by molar-refractivity contribution is 0.121. The number of nitrogens with one attached hydrogen (secondary N) is 1. The molecule has 1 unspecified atom stereocenters. The number of hydrogen-bond donors (Lipinski definition) is 1. The molecule has 0 aromatic heterocycles. The molecule has 0 fully saturated rings. The molecule has 0 aliphatic rings. The van der Waals surface area contributed by atoms with E-state index in [9.17, 15) is 8.78 Å². The van der Waals surface area contributed by atoms with Crippen molar-refractivity contribution in [3.8, 4) is 0 Å². The van der Waals surface area contributed by atoms with Gasteiger partial charge in [0, 0.05) is 37.8 Å². The molecule has 120 valence electrons. The van der Waals surface area contributed by atoms with E-state index < -0.39 is 11.6 Å². The second kappa shape index (κ2) is 9.07. The van der Waals surface area contributed by atoms with Gasteiger partial charge in [-0.05, 0) is 26.5 Å². The highest BCUT2D eigenvalue weighted by atomic mass is 19.2. The number of likely N-dealkylation sites (N-methyl/N-ethyl adjacent to an activating group) is 1. The normalized spacial score (nSPS) is 13.1. The Morgan fingerprint density at radius 3 is 2.57 bits per heavy atom. The van der Waals surface area contributed by atoms with Crippen molar-refractivity contribution in [1.82, 2.24) is 10.2 Å². The van der Waals surface area contributed by atoms with Crippen molar-refractivity contribution in [2.45, 2.75) is 32.9 Å². The number of methoxy groups -OCH3 is 1. The van der Waals surface area contributed by atoms with Crippen LogP contribution in [0.5, 0.6) is 0 Å². The number of rotatable bonds is 9. The molecule has 0 saturated carbocycles. The van der Waals surface area contributed by atoms with Crippen LogP contribution in [0.3, 0.4) is 0 Å². The molecule has 1 rings (SSSR count). The van der Waals surface area contributed by atoms with Crippen molar-refractivity contribution >= 4 is 0 Å². The van der Waals surface area contributed by atoms with Gasteiger partial charge in [0.15, 0.2) is 11.6 Å². The van der Waals surface area contributed by atoms with Gasteiger partial charge in [-0.25, -0.2) is 8.78 Å². The molecule has 21 heavy (non-hydrogen) atoms. The van der Waals surface area contributed by atoms with Gasteiger partial charge in [-0.3, -0.25) is 4.90 Å². The molecule has 0 heterocycles. The summed E-state index contributed by atoms with van der Waals surface area (Å²) < 4.78 is 32.6. The molecule has 0 saturated heterocycles. The second-order valence-electron chi connectivity index (χ2n) is 5.33. The van der Waals surface area contributed by atoms with Crippen molar-refractivity contribution < 1.29 is 13.5 Å². The first-order valence-corrected chi connectivity index (χ1v) is 7.41. The maximum absolute atomic E-state index is 14.0. The van der Waals surface area contributed by atoms with E-state index in [0.29, 0.717) is 31.3 Å². The van der Waals surface area contributed by atoms with Gasteiger partial charge in [-0.2, -0.15) is 0 Å². The van der Waals surface area contributed by atoms with Gasteiger partial charge in [0.1, 0.15) is 0 Å². The molecule has 0 aliphatic carbocycles. The molecule has 0 spiro atoms. The average molecular weight is 300 g/mol. The first-order chi connectivity index (χ1) is 10.0. The molecule has 0 radical (unpaired) electrons. The zero-order chi connectivity index (χ0) is 15.8. The highest BCUT2D eigenvalue weighted by molar-refractivity contribution is 5.23. The summed E-state index contributed by atoms with van der Waals surface area (Å²) in [4.78, 5) is 2.20. The van der Waals surface area contributed by atoms with E-state index in [1.807, 2.05) is 6.92 Å². The van der Waals surface area contributed by atoms with Gasteiger partial charge in [0.2, 0.25) is 0 Å². The van der Waals surface area contributed by atoms with Crippen LogP contribution in [0.25, 0.3) is 0 Å². The van der Waals surface area contributed by atoms with Crippen LogP contribution in [0, 0.1) is 11.6 Å². The molecular formula is C16H26F2N2O. The van der Waals surface area contributed by atoms with E-state index in [0.717, 1.165) is 12.6 Å². The first kappa shape index (κ1) is 18.0. The molecule has 1 atom stereocenters. The van der Waals surface area contributed by atoms with E-state index in [1.54, 1.807) is 19.2 Å². The Balaban J connectivity index is 2.91. The van der Waals surface area contributed by atoms with Crippen LogP contribution in [-0.4, -0.2) is 44.3 Å². The molecule has 1 aromatic carbocycles. The molecule has 0 amide bonds. The van der Waals surface area contributed by atoms with Gasteiger partial charge >= 0.3 is 0 Å². The quantitative estimate of drug-likeness (QED) is 0.759. The molecule has 0 bridgehead atoms. The fraction of sp³-hybridized carbons (Fsp3) is 0.625. The summed E-state index contributed by atoms with van der Waals surface area (Å²) in [7, 11) is 1.66. The summed E-state index contributed by atoms with van der Waals surface area (Å²) in [6, 6.07) is 4.39. The van der Waals surface area contributed by atoms with Crippen molar-refractivity contribution in [2.75, 3.05) is 33.4 Å². The van der Waals surface area contributed by atoms with Gasteiger partial charge < -0.3 is 10.1 Å². The predicted octanol–water partition coefficient (Wildman–Crippen LogP) is 2.97. The van der Waals surface area contributed by atoms with E-state index in [2.05, 4.69) is 24.1 Å². The maximum atomic E-state index is 14.0. The summed E-state index contributed by atoms with van der Waals surface area (Å²) in [5, 5.41) is 3.24. The van der Waals surface area contributed by atoms with E-state index >= 15 is 0 Å². The minimum absolute atomic E-state index is 0.245. The summed E-state index contributed by atoms with van der Waals surface area (Å²) in [6.45, 7) is 8.79. The standard InChI is InChI=1S/C16H26F2N2O/c1-5-19-15(11-20(12(2)3)9-10-21-4)13-7-6-8-14(17)16(13)18/h6-8,12,15,19H,5,9-11H2,1-4H3.